The van der Waals surface area contributed by atoms with Gasteiger partial charge in [-0.2, -0.15) is 13.2 Å². The molecule has 1 rings (SSSR count). The smallest absolute Gasteiger partial charge is 0.346 e. The van der Waals surface area contributed by atoms with E-state index in [1.54, 1.807) is 0 Å². The first-order valence-electron chi connectivity index (χ1n) is 6.63. The maximum atomic E-state index is 12.6. The lowest BCUT2D eigenvalue weighted by molar-refractivity contribution is -0.137. The quantitative estimate of drug-likeness (QED) is 0.816. The Morgan fingerprint density at radius 3 is 2.14 bits per heavy atom. The first-order valence-corrected chi connectivity index (χ1v) is 6.63. The number of amides is 1. The summed E-state index contributed by atoms with van der Waals surface area (Å²) in [5.41, 5.74) is -0.133. The predicted molar refractivity (Wildman–Crippen MR) is 76.6 cm³/mol. The second-order valence-corrected chi connectivity index (χ2v) is 6.15. The van der Waals surface area contributed by atoms with Gasteiger partial charge in [-0.3, -0.25) is 4.79 Å². The Morgan fingerprint density at radius 1 is 1.24 bits per heavy atom. The van der Waals surface area contributed by atoms with Crippen LogP contribution in [-0.4, -0.2) is 5.91 Å². The van der Waals surface area contributed by atoms with Crippen molar-refractivity contribution < 1.29 is 18.0 Å². The number of carbonyl (C=O) groups is 1. The Kier molecular flexibility index (Phi) is 5.20. The van der Waals surface area contributed by atoms with E-state index in [-0.39, 0.29) is 17.4 Å². The summed E-state index contributed by atoms with van der Waals surface area (Å²) in [5.74, 6) is -0.343. The van der Waals surface area contributed by atoms with Gasteiger partial charge in [0.05, 0.1) is 11.6 Å². The minimum atomic E-state index is -4.36. The Bertz CT molecular complexity index is 498. The standard InChI is InChI=1S/C16H20F3NO/c1-5-14(21)20-13(10-15(2,3)4)11-6-8-12(9-7-11)16(17,18)19/h5-9,13H,1,10H2,2-4H3,(H,20,21). The lowest BCUT2D eigenvalue weighted by Crippen LogP contribution is -2.30. The number of alkyl halides is 3. The third-order valence-corrected chi connectivity index (χ3v) is 2.96. The van der Waals surface area contributed by atoms with Gasteiger partial charge in [-0.05, 0) is 35.6 Å². The predicted octanol–water partition coefficient (Wildman–Crippen LogP) is 4.48. The number of carbonyl (C=O) groups excluding carboxylic acids is 1. The average Bonchev–Trinajstić information content (AvgIpc) is 2.35. The van der Waals surface area contributed by atoms with Crippen LogP contribution in [0.15, 0.2) is 36.9 Å². The van der Waals surface area contributed by atoms with Crippen molar-refractivity contribution in [3.8, 4) is 0 Å². The fourth-order valence-corrected chi connectivity index (χ4v) is 2.00. The highest BCUT2D eigenvalue weighted by Crippen LogP contribution is 2.33. The number of hydrogen-bond acceptors (Lipinski definition) is 1. The number of hydrogen-bond donors (Lipinski definition) is 1. The Labute approximate surface area is 123 Å². The molecule has 2 nitrogen and oxygen atoms in total. The SMILES string of the molecule is C=CC(=O)NC(CC(C)(C)C)c1ccc(C(F)(F)F)cc1. The molecule has 1 unspecified atom stereocenters. The van der Waals surface area contributed by atoms with Crippen molar-refractivity contribution in [3.63, 3.8) is 0 Å². The molecule has 0 saturated carbocycles. The van der Waals surface area contributed by atoms with Gasteiger partial charge in [0.2, 0.25) is 5.91 Å². The summed E-state index contributed by atoms with van der Waals surface area (Å²) in [6.07, 6.45) is -2.60. The van der Waals surface area contributed by atoms with E-state index >= 15 is 0 Å². The number of halogens is 3. The zero-order valence-electron chi connectivity index (χ0n) is 12.4. The lowest BCUT2D eigenvalue weighted by Gasteiger charge is -2.27. The maximum absolute atomic E-state index is 12.6. The fraction of sp³-hybridized carbons (Fsp3) is 0.438. The summed E-state index contributed by atoms with van der Waals surface area (Å²) in [5, 5.41) is 2.76. The largest absolute Gasteiger partial charge is 0.416 e. The van der Waals surface area contributed by atoms with Crippen molar-refractivity contribution in [1.29, 1.82) is 0 Å². The Balaban J connectivity index is 3.02. The van der Waals surface area contributed by atoms with Crippen LogP contribution in [0, 0.1) is 5.41 Å². The first-order chi connectivity index (χ1) is 9.53. The zero-order chi connectivity index (χ0) is 16.3. The molecule has 1 N–H and O–H groups in total. The normalized spacial score (nSPS) is 13.6. The molecular formula is C16H20F3NO. The highest BCUT2D eigenvalue weighted by molar-refractivity contribution is 5.87. The van der Waals surface area contributed by atoms with E-state index in [0.29, 0.717) is 12.0 Å². The van der Waals surface area contributed by atoms with E-state index in [0.717, 1.165) is 18.2 Å². The molecule has 0 aromatic heterocycles. The molecule has 1 amide bonds. The van der Waals surface area contributed by atoms with E-state index in [9.17, 15) is 18.0 Å². The van der Waals surface area contributed by atoms with Crippen LogP contribution in [0.1, 0.15) is 44.4 Å². The lowest BCUT2D eigenvalue weighted by atomic mass is 9.85. The van der Waals surface area contributed by atoms with E-state index in [1.165, 1.54) is 12.1 Å². The van der Waals surface area contributed by atoms with Gasteiger partial charge in [0.1, 0.15) is 0 Å². The molecule has 0 bridgehead atoms. The van der Waals surface area contributed by atoms with Crippen molar-refractivity contribution in [3.05, 3.63) is 48.0 Å². The minimum absolute atomic E-state index is 0.0815. The molecule has 5 heteroatoms. The molecule has 0 aliphatic heterocycles. The second kappa shape index (κ2) is 6.33. The van der Waals surface area contributed by atoms with Gasteiger partial charge in [-0.25, -0.2) is 0 Å². The van der Waals surface area contributed by atoms with Gasteiger partial charge in [0, 0.05) is 0 Å². The van der Waals surface area contributed by atoms with E-state index in [4.69, 9.17) is 0 Å². The topological polar surface area (TPSA) is 29.1 Å². The van der Waals surface area contributed by atoms with Crippen LogP contribution >= 0.6 is 0 Å². The second-order valence-electron chi connectivity index (χ2n) is 6.15. The van der Waals surface area contributed by atoms with Crippen molar-refractivity contribution in [2.75, 3.05) is 0 Å². The molecule has 0 saturated heterocycles. The van der Waals surface area contributed by atoms with Gasteiger partial charge in [0.15, 0.2) is 0 Å². The van der Waals surface area contributed by atoms with Gasteiger partial charge in [0.25, 0.3) is 0 Å². The van der Waals surface area contributed by atoms with Gasteiger partial charge in [-0.1, -0.05) is 39.5 Å². The van der Waals surface area contributed by atoms with Crippen molar-refractivity contribution in [2.24, 2.45) is 5.41 Å². The number of nitrogens with one attached hydrogen (secondary N) is 1. The summed E-state index contributed by atoms with van der Waals surface area (Å²) < 4.78 is 37.7. The molecule has 0 fully saturated rings. The molecule has 116 valence electrons. The van der Waals surface area contributed by atoms with E-state index < -0.39 is 11.7 Å². The molecule has 1 atom stereocenters. The maximum Gasteiger partial charge on any atom is 0.416 e. The zero-order valence-corrected chi connectivity index (χ0v) is 12.4. The molecular weight excluding hydrogens is 279 g/mol. The van der Waals surface area contributed by atoms with Crippen molar-refractivity contribution >= 4 is 5.91 Å². The molecule has 1 aromatic rings. The molecule has 0 spiro atoms. The minimum Gasteiger partial charge on any atom is -0.346 e. The van der Waals surface area contributed by atoms with Crippen LogP contribution in [-0.2, 0) is 11.0 Å². The molecule has 0 aliphatic carbocycles. The third-order valence-electron chi connectivity index (χ3n) is 2.96. The van der Waals surface area contributed by atoms with E-state index in [2.05, 4.69) is 11.9 Å². The van der Waals surface area contributed by atoms with Gasteiger partial charge >= 0.3 is 6.18 Å². The van der Waals surface area contributed by atoms with Crippen LogP contribution in [0.4, 0.5) is 13.2 Å². The Hall–Kier alpha value is -1.78. The fourth-order valence-electron chi connectivity index (χ4n) is 2.00. The highest BCUT2D eigenvalue weighted by atomic mass is 19.4. The van der Waals surface area contributed by atoms with Crippen LogP contribution in [0.3, 0.4) is 0 Å². The van der Waals surface area contributed by atoms with Gasteiger partial charge in [-0.15, -0.1) is 0 Å². The van der Waals surface area contributed by atoms with Crippen molar-refractivity contribution in [1.82, 2.24) is 5.32 Å². The summed E-state index contributed by atoms with van der Waals surface area (Å²) in [6, 6.07) is 4.53. The van der Waals surface area contributed by atoms with Crippen LogP contribution in [0.5, 0.6) is 0 Å². The highest BCUT2D eigenvalue weighted by Gasteiger charge is 2.30. The molecule has 1 aromatic carbocycles. The summed E-state index contributed by atoms with van der Waals surface area (Å²) in [4.78, 5) is 11.5. The number of rotatable bonds is 4. The molecule has 0 radical (unpaired) electrons. The average molecular weight is 299 g/mol. The summed E-state index contributed by atoms with van der Waals surface area (Å²) in [7, 11) is 0. The van der Waals surface area contributed by atoms with Crippen LogP contribution in [0.2, 0.25) is 0 Å². The van der Waals surface area contributed by atoms with E-state index in [1.807, 2.05) is 20.8 Å². The van der Waals surface area contributed by atoms with Crippen LogP contribution in [0.25, 0.3) is 0 Å². The molecule has 21 heavy (non-hydrogen) atoms. The monoisotopic (exact) mass is 299 g/mol. The summed E-state index contributed by atoms with van der Waals surface area (Å²) in [6.45, 7) is 9.40. The third kappa shape index (κ3) is 5.61. The first kappa shape index (κ1) is 17.3. The number of benzene rings is 1. The Morgan fingerprint density at radius 2 is 1.76 bits per heavy atom. The molecule has 0 aliphatic rings. The summed E-state index contributed by atoms with van der Waals surface area (Å²) >= 11 is 0. The van der Waals surface area contributed by atoms with Gasteiger partial charge < -0.3 is 5.32 Å². The molecule has 0 heterocycles. The van der Waals surface area contributed by atoms with Crippen LogP contribution < -0.4 is 5.32 Å². The van der Waals surface area contributed by atoms with Crippen molar-refractivity contribution in [2.45, 2.75) is 39.4 Å².